The van der Waals surface area contributed by atoms with Gasteiger partial charge in [-0.05, 0) is 0 Å². The Morgan fingerprint density at radius 1 is 1.12 bits per heavy atom. The van der Waals surface area contributed by atoms with Crippen LogP contribution in [0.25, 0.3) is 0 Å². The molecule has 0 aromatic rings. The zero-order chi connectivity index (χ0) is 4.50. The number of rotatable bonds is 0. The Bertz CT molecular complexity index is 95.6. The van der Waals surface area contributed by atoms with Crippen molar-refractivity contribution in [1.29, 1.82) is 0 Å². The van der Waals surface area contributed by atoms with Gasteiger partial charge in [-0.25, -0.2) is 0 Å². The van der Waals surface area contributed by atoms with Crippen molar-refractivity contribution < 1.29 is 40.4 Å². The molecule has 0 saturated carbocycles. The van der Waals surface area contributed by atoms with Gasteiger partial charge >= 0.3 is 66.2 Å². The van der Waals surface area contributed by atoms with Crippen LogP contribution in [0.2, 0.25) is 0 Å². The zero-order valence-electron chi connectivity index (χ0n) is 3.56. The molecule has 0 bridgehead atoms. The van der Waals surface area contributed by atoms with Crippen molar-refractivity contribution >= 4 is 59.3 Å². The first-order chi connectivity index (χ1) is 2.00. The van der Waals surface area contributed by atoms with Crippen molar-refractivity contribution in [3.05, 3.63) is 0 Å². The van der Waals surface area contributed by atoms with Gasteiger partial charge in [-0.2, -0.15) is 0 Å². The van der Waals surface area contributed by atoms with E-state index in [2.05, 4.69) is 0 Å². The molecule has 5 nitrogen and oxygen atoms in total. The molecule has 0 aliphatic rings. The van der Waals surface area contributed by atoms with Gasteiger partial charge in [0.15, 0.2) is 0 Å². The first-order valence-corrected chi connectivity index (χ1v) is 2.00. The second-order valence-corrected chi connectivity index (χ2v) is 1.22. The maximum absolute atomic E-state index is 8.52. The summed E-state index contributed by atoms with van der Waals surface area (Å²) in [5.74, 6) is 0. The molecule has 8 heavy (non-hydrogen) atoms. The molecule has 0 aliphatic carbocycles. The molecule has 0 amide bonds. The quantitative estimate of drug-likeness (QED) is 0.297. The normalized spacial score (nSPS) is 7.25. The predicted octanol–water partition coefficient (Wildman–Crippen LogP) is -1.84. The molecular weight excluding hydrogens is 301 g/mol. The summed E-state index contributed by atoms with van der Waals surface area (Å²) in [6.45, 7) is 0. The van der Waals surface area contributed by atoms with Crippen molar-refractivity contribution in [1.82, 2.24) is 0 Å². The van der Waals surface area contributed by atoms with Crippen molar-refractivity contribution in [3.63, 3.8) is 0 Å². The van der Waals surface area contributed by atoms with E-state index in [1.54, 1.807) is 0 Å². The predicted molar refractivity (Wildman–Crippen MR) is 16.9 cm³/mol. The van der Waals surface area contributed by atoms with Crippen LogP contribution in [0.3, 0.4) is 0 Å². The zero-order valence-corrected chi connectivity index (χ0v) is 10.1. The second kappa shape index (κ2) is 8.93. The van der Waals surface area contributed by atoms with Crippen LogP contribution in [-0.4, -0.2) is 66.4 Å². The minimum Gasteiger partial charge on any atom is -2.00 e. The van der Waals surface area contributed by atoms with Crippen LogP contribution in [0.5, 0.6) is 0 Å². The summed E-state index contributed by atoms with van der Waals surface area (Å²) >= 11 is 0. The van der Waals surface area contributed by atoms with E-state index in [-0.39, 0.29) is 71.7 Å². The van der Waals surface area contributed by atoms with E-state index in [0.29, 0.717) is 0 Å². The molecule has 0 rings (SSSR count). The fourth-order valence-corrected chi connectivity index (χ4v) is 0. The third-order valence-electron chi connectivity index (χ3n) is 0. The van der Waals surface area contributed by atoms with Gasteiger partial charge in [0.1, 0.15) is 0 Å². The van der Waals surface area contributed by atoms with Gasteiger partial charge in [0.25, 0.3) is 0 Å². The van der Waals surface area contributed by atoms with Gasteiger partial charge in [-0.1, -0.05) is 0 Å². The molecule has 0 unspecified atom stereocenters. The molecule has 0 aromatic carbocycles. The summed E-state index contributed by atoms with van der Waals surface area (Å²) in [4.78, 5) is 0. The Kier molecular flexibility index (Phi) is 25.1. The summed E-state index contributed by atoms with van der Waals surface area (Å²) in [7, 11) is -5.17. The second-order valence-electron chi connectivity index (χ2n) is 0.408. The molecular formula is BaCrO5S+. The molecule has 0 aromatic heterocycles. The van der Waals surface area contributed by atoms with E-state index in [9.17, 15) is 0 Å². The molecule has 43 valence electrons. The fourth-order valence-electron chi connectivity index (χ4n) is 0. The number of hydrogen-bond acceptors (Lipinski definition) is 4. The molecule has 8 heteroatoms. The first kappa shape index (κ1) is 22.5. The molecule has 0 heterocycles. The Morgan fingerprint density at radius 2 is 1.12 bits per heavy atom. The summed E-state index contributed by atoms with van der Waals surface area (Å²) in [6, 6.07) is 0. The van der Waals surface area contributed by atoms with E-state index >= 15 is 0 Å². The van der Waals surface area contributed by atoms with Crippen LogP contribution in [0.15, 0.2) is 0 Å². The van der Waals surface area contributed by atoms with E-state index in [1.807, 2.05) is 0 Å². The van der Waals surface area contributed by atoms with Crippen LogP contribution in [-0.2, 0) is 33.2 Å². The Morgan fingerprint density at radius 3 is 1.12 bits per heavy atom. The molecule has 0 N–H and O–H groups in total. The number of hydrogen-bond donors (Lipinski definition) is 0. The monoisotopic (exact) mass is 302 g/mol. The molecule has 0 atom stereocenters. The SMILES string of the molecule is O=S(=O)([O-])[O-].[Ba+2].[Cr+3].[O-2]. The van der Waals surface area contributed by atoms with Gasteiger partial charge in [0, 0.05) is 10.4 Å². The van der Waals surface area contributed by atoms with E-state index in [1.165, 1.54) is 0 Å². The third-order valence-corrected chi connectivity index (χ3v) is 0. The molecule has 0 saturated heterocycles. The van der Waals surface area contributed by atoms with Crippen molar-refractivity contribution in [2.45, 2.75) is 0 Å². The van der Waals surface area contributed by atoms with Crippen LogP contribution in [0.1, 0.15) is 0 Å². The summed E-state index contributed by atoms with van der Waals surface area (Å²) in [6.07, 6.45) is 0. The van der Waals surface area contributed by atoms with Crippen molar-refractivity contribution in [3.8, 4) is 0 Å². The van der Waals surface area contributed by atoms with E-state index < -0.39 is 10.4 Å². The third kappa shape index (κ3) is 102. The standard InChI is InChI=1S/Ba.Cr.H2O4S.O/c;;1-5(2,3)4;/h;;(H2,1,2,3,4);/q+2;+3;;-2/p-2. The Balaban J connectivity index is -0.0000000267. The first-order valence-electron chi connectivity index (χ1n) is 0.667. The maximum Gasteiger partial charge on any atom is 3.00 e. The summed E-state index contributed by atoms with van der Waals surface area (Å²) in [5, 5.41) is 0. The van der Waals surface area contributed by atoms with Crippen LogP contribution >= 0.6 is 0 Å². The molecule has 0 fully saturated rings. The van der Waals surface area contributed by atoms with Gasteiger partial charge in [0.2, 0.25) is 0 Å². The van der Waals surface area contributed by atoms with Gasteiger partial charge in [0.05, 0.1) is 0 Å². The molecule has 0 aliphatic heterocycles. The van der Waals surface area contributed by atoms with Crippen molar-refractivity contribution in [2.75, 3.05) is 0 Å². The average Bonchev–Trinajstić information content (AvgIpc) is 0.722. The largest absolute Gasteiger partial charge is 3.00 e. The van der Waals surface area contributed by atoms with Crippen molar-refractivity contribution in [2.24, 2.45) is 0 Å². The van der Waals surface area contributed by atoms with E-state index in [0.717, 1.165) is 0 Å². The van der Waals surface area contributed by atoms with Gasteiger partial charge in [-0.3, -0.25) is 8.42 Å². The Labute approximate surface area is 97.9 Å². The molecule has 0 spiro atoms. The fraction of sp³-hybridized carbons (Fsp3) is 0. The van der Waals surface area contributed by atoms with E-state index in [4.69, 9.17) is 17.5 Å². The molecule has 1 radical (unpaired) electrons. The minimum absolute atomic E-state index is 0. The van der Waals surface area contributed by atoms with Crippen LogP contribution in [0.4, 0.5) is 0 Å². The van der Waals surface area contributed by atoms with Gasteiger partial charge in [-0.15, -0.1) is 0 Å². The maximum atomic E-state index is 8.52. The van der Waals surface area contributed by atoms with Gasteiger partial charge < -0.3 is 14.6 Å². The summed E-state index contributed by atoms with van der Waals surface area (Å²) < 4.78 is 34.1. The van der Waals surface area contributed by atoms with Crippen LogP contribution < -0.4 is 0 Å². The van der Waals surface area contributed by atoms with Crippen LogP contribution in [0, 0.1) is 0 Å². The smallest absolute Gasteiger partial charge is 2.00 e. The summed E-state index contributed by atoms with van der Waals surface area (Å²) in [5.41, 5.74) is 0. The Hall–Kier alpha value is 1.93. The topological polar surface area (TPSA) is 109 Å². The average molecular weight is 301 g/mol. The minimum atomic E-state index is -5.17.